The molecule has 0 N–H and O–H groups in total. The third-order valence-electron chi connectivity index (χ3n) is 2.25. The second-order valence-electron chi connectivity index (χ2n) is 3.51. The molecule has 4 heteroatoms. The molecule has 0 heterocycles. The molecule has 0 saturated heterocycles. The first-order chi connectivity index (χ1) is 8.71. The molecule has 1 rings (SSSR count). The summed E-state index contributed by atoms with van der Waals surface area (Å²) in [5.74, 6) is 0.486. The molecule has 0 aliphatic carbocycles. The molecule has 0 unspecified atom stereocenters. The molecule has 0 fully saturated rings. The summed E-state index contributed by atoms with van der Waals surface area (Å²) in [5, 5.41) is 1.25. The van der Waals surface area contributed by atoms with Crippen LogP contribution in [0.5, 0.6) is 5.75 Å². The van der Waals surface area contributed by atoms with Gasteiger partial charge in [0.05, 0.1) is 20.3 Å². The smallest absolute Gasteiger partial charge is 0.269 e. The monoisotopic (exact) mass is 247 g/mol. The van der Waals surface area contributed by atoms with Crippen LogP contribution in [0.1, 0.15) is 5.56 Å². The number of hydroxylamine groups is 2. The number of nitrogens with zero attached hydrogens (tertiary/aromatic N) is 1. The lowest BCUT2D eigenvalue weighted by molar-refractivity contribution is -0.180. The predicted octanol–water partition coefficient (Wildman–Crippen LogP) is 2.33. The van der Waals surface area contributed by atoms with E-state index in [1.54, 1.807) is 13.2 Å². The Morgan fingerprint density at radius 3 is 2.50 bits per heavy atom. The van der Waals surface area contributed by atoms with Crippen molar-refractivity contribution in [1.82, 2.24) is 5.06 Å². The van der Waals surface area contributed by atoms with Crippen molar-refractivity contribution in [1.29, 1.82) is 0 Å². The first kappa shape index (κ1) is 14.0. The minimum absolute atomic E-state index is 0.274. The normalized spacial score (nSPS) is 9.61. The van der Waals surface area contributed by atoms with Gasteiger partial charge < -0.3 is 4.74 Å². The molecule has 1 aromatic rings. The Labute approximate surface area is 107 Å². The number of methoxy groups -OCH3 is 1. The van der Waals surface area contributed by atoms with E-state index < -0.39 is 0 Å². The summed E-state index contributed by atoms with van der Waals surface area (Å²) in [6.07, 6.45) is 2.80. The number of hydrogen-bond acceptors (Lipinski definition) is 3. The van der Waals surface area contributed by atoms with Crippen LogP contribution in [0.25, 0.3) is 0 Å². The topological polar surface area (TPSA) is 38.8 Å². The Hall–Kier alpha value is -2.07. The zero-order valence-corrected chi connectivity index (χ0v) is 10.5. The average Bonchev–Trinajstić information content (AvgIpc) is 2.43. The number of carbonyl (C=O) groups is 1. The minimum atomic E-state index is -0.285. The van der Waals surface area contributed by atoms with Crippen LogP contribution in [0.15, 0.2) is 49.6 Å². The van der Waals surface area contributed by atoms with Gasteiger partial charge in [0.25, 0.3) is 5.91 Å². The molecule has 1 amide bonds. The fourth-order valence-electron chi connectivity index (χ4n) is 1.33. The van der Waals surface area contributed by atoms with E-state index in [4.69, 9.17) is 9.57 Å². The Morgan fingerprint density at radius 1 is 1.33 bits per heavy atom. The predicted molar refractivity (Wildman–Crippen MR) is 69.9 cm³/mol. The average molecular weight is 247 g/mol. The lowest BCUT2D eigenvalue weighted by Crippen LogP contribution is -2.29. The standard InChI is InChI=1S/C14H17NO3/c1-4-10-18-15(14(16)5-2)11-12-6-8-13(17-3)9-7-12/h4-9H,1-2,10-11H2,3H3. The minimum Gasteiger partial charge on any atom is -0.497 e. The highest BCUT2D eigenvalue weighted by atomic mass is 16.7. The van der Waals surface area contributed by atoms with E-state index in [2.05, 4.69) is 13.2 Å². The lowest BCUT2D eigenvalue weighted by Gasteiger charge is -2.19. The van der Waals surface area contributed by atoms with Crippen molar-refractivity contribution in [2.75, 3.05) is 13.7 Å². The van der Waals surface area contributed by atoms with Gasteiger partial charge in [-0.1, -0.05) is 24.8 Å². The van der Waals surface area contributed by atoms with Crippen LogP contribution in [-0.4, -0.2) is 24.7 Å². The van der Waals surface area contributed by atoms with Gasteiger partial charge in [-0.3, -0.25) is 9.63 Å². The maximum atomic E-state index is 11.6. The number of rotatable bonds is 7. The molecule has 0 spiro atoms. The molecule has 0 aliphatic rings. The van der Waals surface area contributed by atoms with Gasteiger partial charge in [0.1, 0.15) is 5.75 Å². The van der Waals surface area contributed by atoms with Crippen molar-refractivity contribution < 1.29 is 14.4 Å². The van der Waals surface area contributed by atoms with Gasteiger partial charge in [-0.05, 0) is 23.8 Å². The fourth-order valence-corrected chi connectivity index (χ4v) is 1.33. The summed E-state index contributed by atoms with van der Waals surface area (Å²) in [4.78, 5) is 16.8. The third-order valence-corrected chi connectivity index (χ3v) is 2.25. The van der Waals surface area contributed by atoms with Gasteiger partial charge in [0.2, 0.25) is 0 Å². The van der Waals surface area contributed by atoms with Crippen LogP contribution < -0.4 is 4.74 Å². The largest absolute Gasteiger partial charge is 0.497 e. The number of ether oxygens (including phenoxy) is 1. The maximum absolute atomic E-state index is 11.6. The second-order valence-corrected chi connectivity index (χ2v) is 3.51. The van der Waals surface area contributed by atoms with Crippen molar-refractivity contribution in [3.63, 3.8) is 0 Å². The van der Waals surface area contributed by atoms with Crippen LogP contribution in [0, 0.1) is 0 Å². The molecule has 0 radical (unpaired) electrons. The highest BCUT2D eigenvalue weighted by Gasteiger charge is 2.11. The summed E-state index contributed by atoms with van der Waals surface area (Å²) in [6.45, 7) is 7.61. The zero-order chi connectivity index (χ0) is 13.4. The van der Waals surface area contributed by atoms with E-state index in [0.29, 0.717) is 6.54 Å². The molecule has 0 aromatic heterocycles. The molecule has 0 bridgehead atoms. The van der Waals surface area contributed by atoms with Gasteiger partial charge in [0, 0.05) is 0 Å². The maximum Gasteiger partial charge on any atom is 0.269 e. The Bertz CT molecular complexity index is 412. The van der Waals surface area contributed by atoms with E-state index in [1.807, 2.05) is 24.3 Å². The molecule has 0 atom stereocenters. The van der Waals surface area contributed by atoms with Crippen molar-refractivity contribution in [2.24, 2.45) is 0 Å². The third kappa shape index (κ3) is 4.07. The van der Waals surface area contributed by atoms with Crippen LogP contribution in [0.4, 0.5) is 0 Å². The van der Waals surface area contributed by atoms with Gasteiger partial charge >= 0.3 is 0 Å². The first-order valence-electron chi connectivity index (χ1n) is 5.52. The second kappa shape index (κ2) is 7.29. The molecule has 4 nitrogen and oxygen atoms in total. The van der Waals surface area contributed by atoms with E-state index in [-0.39, 0.29) is 12.5 Å². The lowest BCUT2D eigenvalue weighted by atomic mass is 10.2. The van der Waals surface area contributed by atoms with Crippen molar-refractivity contribution in [3.8, 4) is 5.75 Å². The SMILES string of the molecule is C=CCON(Cc1ccc(OC)cc1)C(=O)C=C. The summed E-state index contributed by atoms with van der Waals surface area (Å²) < 4.78 is 5.07. The molecule has 18 heavy (non-hydrogen) atoms. The van der Waals surface area contributed by atoms with Crippen molar-refractivity contribution in [2.45, 2.75) is 6.54 Å². The number of benzene rings is 1. The molecule has 0 saturated carbocycles. The summed E-state index contributed by atoms with van der Waals surface area (Å²) in [7, 11) is 1.61. The summed E-state index contributed by atoms with van der Waals surface area (Å²) >= 11 is 0. The molecular formula is C14H17NO3. The fraction of sp³-hybridized carbons (Fsp3) is 0.214. The summed E-state index contributed by atoms with van der Waals surface area (Å²) in [6, 6.07) is 7.41. The van der Waals surface area contributed by atoms with Gasteiger partial charge in [-0.2, -0.15) is 0 Å². The van der Waals surface area contributed by atoms with Gasteiger partial charge in [-0.25, -0.2) is 5.06 Å². The van der Waals surface area contributed by atoms with E-state index in [0.717, 1.165) is 11.3 Å². The Kier molecular flexibility index (Phi) is 5.67. The highest BCUT2D eigenvalue weighted by molar-refractivity contribution is 5.86. The molecule has 0 aliphatic heterocycles. The number of amides is 1. The highest BCUT2D eigenvalue weighted by Crippen LogP contribution is 2.13. The van der Waals surface area contributed by atoms with Crippen molar-refractivity contribution >= 4 is 5.91 Å². The Balaban J connectivity index is 2.71. The molecular weight excluding hydrogens is 230 g/mol. The van der Waals surface area contributed by atoms with Crippen LogP contribution >= 0.6 is 0 Å². The first-order valence-corrected chi connectivity index (χ1v) is 5.52. The van der Waals surface area contributed by atoms with Gasteiger partial charge in [-0.15, -0.1) is 6.58 Å². The molecule has 1 aromatic carbocycles. The zero-order valence-electron chi connectivity index (χ0n) is 10.5. The van der Waals surface area contributed by atoms with E-state index >= 15 is 0 Å². The van der Waals surface area contributed by atoms with Crippen LogP contribution in [0.2, 0.25) is 0 Å². The quantitative estimate of drug-likeness (QED) is 0.421. The van der Waals surface area contributed by atoms with E-state index in [9.17, 15) is 4.79 Å². The van der Waals surface area contributed by atoms with Crippen LogP contribution in [-0.2, 0) is 16.2 Å². The van der Waals surface area contributed by atoms with Crippen LogP contribution in [0.3, 0.4) is 0 Å². The number of hydrogen-bond donors (Lipinski definition) is 0. The summed E-state index contributed by atoms with van der Waals surface area (Å²) in [5.41, 5.74) is 0.940. The molecule has 96 valence electrons. The van der Waals surface area contributed by atoms with Gasteiger partial charge in [0.15, 0.2) is 0 Å². The van der Waals surface area contributed by atoms with Crippen molar-refractivity contribution in [3.05, 3.63) is 55.1 Å². The Morgan fingerprint density at radius 2 is 2.00 bits per heavy atom. The van der Waals surface area contributed by atoms with E-state index in [1.165, 1.54) is 11.1 Å². The number of carbonyl (C=O) groups excluding carboxylic acids is 1.